The van der Waals surface area contributed by atoms with Crippen LogP contribution in [0, 0.1) is 11.3 Å². The Kier molecular flexibility index (Phi) is 5.29. The van der Waals surface area contributed by atoms with E-state index >= 15 is 0 Å². The number of aryl methyl sites for hydroxylation is 1. The molecule has 10 heteroatoms. The lowest BCUT2D eigenvalue weighted by Gasteiger charge is -2.38. The quantitative estimate of drug-likeness (QED) is 0.481. The number of hydrogen-bond donors (Lipinski definition) is 3. The SMILES string of the molecule is Cn1cc(C(=O)Nc2sc3c(c2C#N)CCN(C2CNC(Br)CN2)C3)cn1. The maximum Gasteiger partial charge on any atom is 0.259 e. The number of hydrogen-bond acceptors (Lipinski definition) is 7. The molecule has 0 saturated carbocycles. The first-order chi connectivity index (χ1) is 13.0. The zero-order chi connectivity index (χ0) is 19.0. The van der Waals surface area contributed by atoms with Crippen molar-refractivity contribution < 1.29 is 4.79 Å². The zero-order valence-corrected chi connectivity index (χ0v) is 17.2. The number of piperazine rings is 1. The highest BCUT2D eigenvalue weighted by molar-refractivity contribution is 9.09. The van der Waals surface area contributed by atoms with E-state index in [1.165, 1.54) is 17.5 Å². The van der Waals surface area contributed by atoms with Gasteiger partial charge in [-0.2, -0.15) is 10.4 Å². The Morgan fingerprint density at radius 3 is 3.00 bits per heavy atom. The van der Waals surface area contributed by atoms with E-state index in [4.69, 9.17) is 0 Å². The first-order valence-corrected chi connectivity index (χ1v) is 10.5. The summed E-state index contributed by atoms with van der Waals surface area (Å²) in [5.74, 6) is -0.239. The normalized spacial score (nSPS) is 22.9. The molecule has 0 spiro atoms. The van der Waals surface area contributed by atoms with Crippen LogP contribution < -0.4 is 16.0 Å². The highest BCUT2D eigenvalue weighted by Crippen LogP contribution is 2.37. The summed E-state index contributed by atoms with van der Waals surface area (Å²) in [6.45, 7) is 3.41. The third-order valence-electron chi connectivity index (χ3n) is 4.90. The van der Waals surface area contributed by atoms with Crippen LogP contribution in [0.25, 0.3) is 0 Å². The summed E-state index contributed by atoms with van der Waals surface area (Å²) >= 11 is 5.06. The van der Waals surface area contributed by atoms with Crippen LogP contribution in [0.3, 0.4) is 0 Å². The van der Waals surface area contributed by atoms with E-state index < -0.39 is 0 Å². The van der Waals surface area contributed by atoms with E-state index in [0.717, 1.165) is 43.0 Å². The molecule has 4 rings (SSSR count). The second-order valence-electron chi connectivity index (χ2n) is 6.70. The number of nitrogens with zero attached hydrogens (tertiary/aromatic N) is 4. The second kappa shape index (κ2) is 7.69. The number of amides is 1. The Morgan fingerprint density at radius 1 is 1.48 bits per heavy atom. The van der Waals surface area contributed by atoms with Crippen LogP contribution in [-0.2, 0) is 20.0 Å². The predicted molar refractivity (Wildman–Crippen MR) is 107 cm³/mol. The maximum absolute atomic E-state index is 12.5. The standard InChI is InChI=1S/C17H20BrN7OS/c1-24-8-10(5-22-24)16(26)23-17-12(4-19)11-2-3-25(9-13(11)27-17)15-7-20-14(18)6-21-15/h5,8,14-15,20-21H,2-3,6-7,9H2,1H3,(H,23,26). The number of nitrogens with one attached hydrogen (secondary N) is 3. The Labute approximate surface area is 169 Å². The molecule has 2 atom stereocenters. The van der Waals surface area contributed by atoms with Crippen molar-refractivity contribution >= 4 is 38.2 Å². The fraction of sp³-hybridized carbons (Fsp3) is 0.471. The highest BCUT2D eigenvalue weighted by Gasteiger charge is 2.30. The fourth-order valence-corrected chi connectivity index (χ4v) is 5.08. The number of carbonyl (C=O) groups is 1. The minimum absolute atomic E-state index is 0.239. The predicted octanol–water partition coefficient (Wildman–Crippen LogP) is 1.20. The van der Waals surface area contributed by atoms with Crippen molar-refractivity contribution in [3.63, 3.8) is 0 Å². The van der Waals surface area contributed by atoms with Crippen LogP contribution in [-0.4, -0.2) is 51.3 Å². The molecule has 0 radical (unpaired) electrons. The molecule has 0 aliphatic carbocycles. The first-order valence-electron chi connectivity index (χ1n) is 8.74. The monoisotopic (exact) mass is 449 g/mol. The number of halogens is 1. The van der Waals surface area contributed by atoms with Gasteiger partial charge in [-0.15, -0.1) is 11.3 Å². The van der Waals surface area contributed by atoms with Crippen molar-refractivity contribution in [2.24, 2.45) is 7.05 Å². The first kappa shape index (κ1) is 18.6. The van der Waals surface area contributed by atoms with Gasteiger partial charge in [-0.1, -0.05) is 15.9 Å². The summed E-state index contributed by atoms with van der Waals surface area (Å²) in [5, 5.41) is 24.2. The summed E-state index contributed by atoms with van der Waals surface area (Å²) in [4.78, 5) is 16.3. The number of anilines is 1. The molecule has 2 aromatic rings. The van der Waals surface area contributed by atoms with E-state index in [-0.39, 0.29) is 12.1 Å². The lowest BCUT2D eigenvalue weighted by Crippen LogP contribution is -2.59. The van der Waals surface area contributed by atoms with Crippen LogP contribution in [0.4, 0.5) is 5.00 Å². The molecule has 27 heavy (non-hydrogen) atoms. The summed E-state index contributed by atoms with van der Waals surface area (Å²) < 4.78 is 1.58. The van der Waals surface area contributed by atoms with Crippen molar-refractivity contribution in [1.29, 1.82) is 5.26 Å². The average molecular weight is 450 g/mol. The van der Waals surface area contributed by atoms with Gasteiger partial charge in [-0.25, -0.2) is 0 Å². The average Bonchev–Trinajstić information content (AvgIpc) is 3.24. The maximum atomic E-state index is 12.5. The lowest BCUT2D eigenvalue weighted by molar-refractivity contribution is 0.102. The molecule has 2 aromatic heterocycles. The molecule has 2 aliphatic heterocycles. The molecule has 0 bridgehead atoms. The molecule has 0 aromatic carbocycles. The largest absolute Gasteiger partial charge is 0.312 e. The van der Waals surface area contributed by atoms with Gasteiger partial charge in [0.1, 0.15) is 11.1 Å². The molecule has 1 saturated heterocycles. The second-order valence-corrected chi connectivity index (χ2v) is 8.91. The molecule has 2 aliphatic rings. The van der Waals surface area contributed by atoms with Gasteiger partial charge in [0.25, 0.3) is 5.91 Å². The number of fused-ring (bicyclic) bond motifs is 1. The number of alkyl halides is 1. The molecule has 8 nitrogen and oxygen atoms in total. The molecular formula is C17H20BrN7OS. The van der Waals surface area contributed by atoms with Gasteiger partial charge in [0, 0.05) is 44.3 Å². The molecule has 1 fully saturated rings. The number of carbonyl (C=O) groups excluding carboxylic acids is 1. The minimum Gasteiger partial charge on any atom is -0.312 e. The number of thiophene rings is 1. The van der Waals surface area contributed by atoms with Gasteiger partial charge in [-0.3, -0.25) is 19.7 Å². The smallest absolute Gasteiger partial charge is 0.259 e. The molecule has 3 N–H and O–H groups in total. The van der Waals surface area contributed by atoms with Gasteiger partial charge in [0.15, 0.2) is 0 Å². The van der Waals surface area contributed by atoms with Crippen molar-refractivity contribution in [2.45, 2.75) is 24.1 Å². The number of aromatic nitrogens is 2. The Hall–Kier alpha value is -1.77. The Balaban J connectivity index is 1.51. The van der Waals surface area contributed by atoms with E-state index in [9.17, 15) is 10.1 Å². The molecule has 1 amide bonds. The Bertz CT molecular complexity index is 894. The van der Waals surface area contributed by atoms with E-state index in [0.29, 0.717) is 21.1 Å². The van der Waals surface area contributed by atoms with Gasteiger partial charge in [-0.05, 0) is 12.0 Å². The van der Waals surface area contributed by atoms with E-state index in [1.807, 2.05) is 0 Å². The van der Waals surface area contributed by atoms with E-state index in [1.54, 1.807) is 17.9 Å². The lowest BCUT2D eigenvalue weighted by atomic mass is 10.0. The van der Waals surface area contributed by atoms with Crippen molar-refractivity contribution in [3.05, 3.63) is 34.0 Å². The molecule has 2 unspecified atom stereocenters. The highest BCUT2D eigenvalue weighted by atomic mass is 79.9. The van der Waals surface area contributed by atoms with Crippen molar-refractivity contribution in [2.75, 3.05) is 25.0 Å². The number of nitriles is 1. The summed E-state index contributed by atoms with van der Waals surface area (Å²) in [6, 6.07) is 2.29. The summed E-state index contributed by atoms with van der Waals surface area (Å²) in [6.07, 6.45) is 4.27. The van der Waals surface area contributed by atoms with Crippen molar-refractivity contribution in [1.82, 2.24) is 25.3 Å². The fourth-order valence-electron chi connectivity index (χ4n) is 3.49. The third kappa shape index (κ3) is 3.79. The molecule has 4 heterocycles. The topological polar surface area (TPSA) is 98.0 Å². The number of rotatable bonds is 3. The van der Waals surface area contributed by atoms with Crippen molar-refractivity contribution in [3.8, 4) is 6.07 Å². The molecular weight excluding hydrogens is 430 g/mol. The third-order valence-corrected chi connectivity index (χ3v) is 6.68. The van der Waals surface area contributed by atoms with Crippen LogP contribution in [0.2, 0.25) is 0 Å². The summed E-state index contributed by atoms with van der Waals surface area (Å²) in [5.41, 5.74) is 2.15. The van der Waals surface area contributed by atoms with Gasteiger partial charge in [0.2, 0.25) is 0 Å². The zero-order valence-electron chi connectivity index (χ0n) is 14.8. The van der Waals surface area contributed by atoms with Gasteiger partial charge in [0.05, 0.1) is 28.4 Å². The van der Waals surface area contributed by atoms with Crippen LogP contribution in [0.5, 0.6) is 0 Å². The Morgan fingerprint density at radius 2 is 2.33 bits per heavy atom. The molecule has 142 valence electrons. The van der Waals surface area contributed by atoms with Crippen LogP contribution >= 0.6 is 27.3 Å². The van der Waals surface area contributed by atoms with Crippen LogP contribution in [0.15, 0.2) is 12.4 Å². The van der Waals surface area contributed by atoms with Crippen LogP contribution in [0.1, 0.15) is 26.4 Å². The van der Waals surface area contributed by atoms with E-state index in [2.05, 4.69) is 47.9 Å². The minimum atomic E-state index is -0.239. The van der Waals surface area contributed by atoms with Gasteiger partial charge < -0.3 is 10.6 Å². The summed E-state index contributed by atoms with van der Waals surface area (Å²) in [7, 11) is 1.77. The van der Waals surface area contributed by atoms with Gasteiger partial charge >= 0.3 is 0 Å².